The highest BCUT2D eigenvalue weighted by Crippen LogP contribution is 2.21. The van der Waals surface area contributed by atoms with Crippen molar-refractivity contribution < 1.29 is 18.7 Å². The molecule has 4 rings (SSSR count). The first-order chi connectivity index (χ1) is 15.8. The van der Waals surface area contributed by atoms with E-state index in [0.717, 1.165) is 17.2 Å². The van der Waals surface area contributed by atoms with Crippen molar-refractivity contribution in [2.45, 2.75) is 25.8 Å². The largest absolute Gasteiger partial charge is 0.379 e. The van der Waals surface area contributed by atoms with Gasteiger partial charge in [0, 0.05) is 42.4 Å². The van der Waals surface area contributed by atoms with Crippen LogP contribution < -0.4 is 5.32 Å². The van der Waals surface area contributed by atoms with Crippen LogP contribution in [0.3, 0.4) is 0 Å². The molecule has 0 saturated carbocycles. The van der Waals surface area contributed by atoms with E-state index in [4.69, 9.17) is 4.74 Å². The van der Waals surface area contributed by atoms with Crippen molar-refractivity contribution in [3.05, 3.63) is 77.9 Å². The van der Waals surface area contributed by atoms with Crippen molar-refractivity contribution in [2.24, 2.45) is 5.92 Å². The number of ether oxygens (including phenoxy) is 1. The van der Waals surface area contributed by atoms with Gasteiger partial charge in [0.25, 0.3) is 5.91 Å². The number of aromatic nitrogens is 1. The number of pyridine rings is 1. The van der Waals surface area contributed by atoms with Gasteiger partial charge < -0.3 is 15.0 Å². The molecule has 1 aromatic heterocycles. The molecule has 0 radical (unpaired) electrons. The van der Waals surface area contributed by atoms with Crippen LogP contribution in [0, 0.1) is 11.7 Å². The second kappa shape index (κ2) is 9.67. The Morgan fingerprint density at radius 3 is 2.73 bits per heavy atom. The van der Waals surface area contributed by atoms with Crippen molar-refractivity contribution >= 4 is 22.6 Å². The zero-order valence-electron chi connectivity index (χ0n) is 18.9. The molecule has 2 heterocycles. The lowest BCUT2D eigenvalue weighted by molar-refractivity contribution is -0.137. The van der Waals surface area contributed by atoms with Crippen molar-refractivity contribution in [1.29, 1.82) is 0 Å². The summed E-state index contributed by atoms with van der Waals surface area (Å²) in [6, 6.07) is 13.6. The lowest BCUT2D eigenvalue weighted by atomic mass is 9.96. The van der Waals surface area contributed by atoms with Gasteiger partial charge in [-0.2, -0.15) is 0 Å². The third-order valence-corrected chi connectivity index (χ3v) is 5.92. The molecule has 1 aliphatic rings. The van der Waals surface area contributed by atoms with E-state index in [1.807, 2.05) is 12.3 Å². The molecular formula is C26H28FN3O3. The van der Waals surface area contributed by atoms with E-state index in [1.165, 1.54) is 29.8 Å². The van der Waals surface area contributed by atoms with Crippen LogP contribution in [0.2, 0.25) is 0 Å². The predicted octanol–water partition coefficient (Wildman–Crippen LogP) is 3.60. The fourth-order valence-electron chi connectivity index (χ4n) is 4.19. The van der Waals surface area contributed by atoms with E-state index >= 15 is 0 Å². The fraction of sp³-hybridized carbons (Fsp3) is 0.346. The predicted molar refractivity (Wildman–Crippen MR) is 124 cm³/mol. The van der Waals surface area contributed by atoms with Gasteiger partial charge in [0.2, 0.25) is 5.91 Å². The number of nitrogens with zero attached hydrogens (tertiary/aromatic N) is 2. The number of nitrogens with one attached hydrogen (secondary N) is 1. The highest BCUT2D eigenvalue weighted by atomic mass is 19.1. The Balaban J connectivity index is 1.43. The third kappa shape index (κ3) is 5.54. The molecule has 1 fully saturated rings. The van der Waals surface area contributed by atoms with Crippen LogP contribution in [0.25, 0.3) is 10.8 Å². The van der Waals surface area contributed by atoms with E-state index in [0.29, 0.717) is 31.9 Å². The minimum atomic E-state index is -1.11. The summed E-state index contributed by atoms with van der Waals surface area (Å²) in [4.78, 5) is 31.9. The minimum absolute atomic E-state index is 0.138. The van der Waals surface area contributed by atoms with Crippen molar-refractivity contribution in [3.8, 4) is 0 Å². The Bertz CT molecular complexity index is 1150. The van der Waals surface area contributed by atoms with Crippen molar-refractivity contribution in [1.82, 2.24) is 15.2 Å². The van der Waals surface area contributed by atoms with Crippen LogP contribution in [0.15, 0.2) is 60.9 Å². The fourth-order valence-corrected chi connectivity index (χ4v) is 4.19. The van der Waals surface area contributed by atoms with Crippen LogP contribution in [-0.4, -0.2) is 53.5 Å². The quantitative estimate of drug-likeness (QED) is 0.646. The highest BCUT2D eigenvalue weighted by Gasteiger charge is 2.35. The van der Waals surface area contributed by atoms with E-state index in [1.54, 1.807) is 24.9 Å². The second-order valence-corrected chi connectivity index (χ2v) is 9.04. The van der Waals surface area contributed by atoms with E-state index in [2.05, 4.69) is 28.5 Å². The average Bonchev–Trinajstić information content (AvgIpc) is 3.04. The maximum Gasteiger partial charge on any atom is 0.252 e. The standard InChI is InChI=1S/C26H28FN3O3/c1-26(2,29-24(31)20-5-7-23(27)8-6-20)25(32)30-11-12-33-17-19(16-30)13-18-3-4-22-15-28-10-9-21(22)14-18/h3-10,14-15,19H,11-13,16-17H2,1-2H3,(H,29,31). The molecule has 1 N–H and O–H groups in total. The molecular weight excluding hydrogens is 421 g/mol. The van der Waals surface area contributed by atoms with Crippen LogP contribution in [0.1, 0.15) is 29.8 Å². The van der Waals surface area contributed by atoms with Gasteiger partial charge in [0.15, 0.2) is 0 Å². The summed E-state index contributed by atoms with van der Waals surface area (Å²) < 4.78 is 19.0. The maximum atomic E-state index is 13.4. The summed E-state index contributed by atoms with van der Waals surface area (Å²) in [6.45, 7) is 5.41. The summed E-state index contributed by atoms with van der Waals surface area (Å²) in [5.41, 5.74) is 0.373. The Hall–Kier alpha value is -3.32. The topological polar surface area (TPSA) is 71.5 Å². The summed E-state index contributed by atoms with van der Waals surface area (Å²) >= 11 is 0. The number of carbonyl (C=O) groups is 2. The molecule has 0 spiro atoms. The molecule has 1 aliphatic heterocycles. The lowest BCUT2D eigenvalue weighted by Crippen LogP contribution is -2.56. The molecule has 1 unspecified atom stereocenters. The van der Waals surface area contributed by atoms with Crippen LogP contribution in [0.5, 0.6) is 0 Å². The van der Waals surface area contributed by atoms with Gasteiger partial charge in [-0.3, -0.25) is 14.6 Å². The summed E-state index contributed by atoms with van der Waals surface area (Å²) in [5.74, 6) is -0.861. The average molecular weight is 450 g/mol. The first kappa shape index (κ1) is 22.9. The van der Waals surface area contributed by atoms with E-state index in [9.17, 15) is 14.0 Å². The smallest absolute Gasteiger partial charge is 0.252 e. The van der Waals surface area contributed by atoms with Crippen LogP contribution in [-0.2, 0) is 16.0 Å². The molecule has 3 aromatic rings. The number of hydrogen-bond donors (Lipinski definition) is 1. The van der Waals surface area contributed by atoms with Gasteiger partial charge in [-0.1, -0.05) is 18.2 Å². The van der Waals surface area contributed by atoms with Crippen LogP contribution in [0.4, 0.5) is 4.39 Å². The molecule has 6 nitrogen and oxygen atoms in total. The normalized spacial score (nSPS) is 16.9. The zero-order valence-corrected chi connectivity index (χ0v) is 18.9. The Morgan fingerprint density at radius 2 is 1.94 bits per heavy atom. The maximum absolute atomic E-state index is 13.4. The number of fused-ring (bicyclic) bond motifs is 1. The second-order valence-electron chi connectivity index (χ2n) is 9.04. The highest BCUT2D eigenvalue weighted by molar-refractivity contribution is 5.98. The van der Waals surface area contributed by atoms with Gasteiger partial charge in [0.1, 0.15) is 11.4 Å². The van der Waals surface area contributed by atoms with Gasteiger partial charge in [-0.15, -0.1) is 0 Å². The Labute approximate surface area is 192 Å². The first-order valence-electron chi connectivity index (χ1n) is 11.1. The number of carbonyl (C=O) groups excluding carboxylic acids is 2. The Kier molecular flexibility index (Phi) is 6.70. The van der Waals surface area contributed by atoms with Gasteiger partial charge >= 0.3 is 0 Å². The number of rotatable bonds is 5. The van der Waals surface area contributed by atoms with E-state index < -0.39 is 17.3 Å². The van der Waals surface area contributed by atoms with E-state index in [-0.39, 0.29) is 11.8 Å². The lowest BCUT2D eigenvalue weighted by Gasteiger charge is -2.33. The monoisotopic (exact) mass is 449 g/mol. The molecule has 172 valence electrons. The molecule has 2 aromatic carbocycles. The molecule has 2 amide bonds. The molecule has 0 bridgehead atoms. The summed E-state index contributed by atoms with van der Waals surface area (Å²) in [5, 5.41) is 5.02. The number of benzene rings is 2. The summed E-state index contributed by atoms with van der Waals surface area (Å²) in [7, 11) is 0. The molecule has 0 aliphatic carbocycles. The molecule has 1 saturated heterocycles. The summed E-state index contributed by atoms with van der Waals surface area (Å²) in [6.07, 6.45) is 4.41. The molecule has 7 heteroatoms. The van der Waals surface area contributed by atoms with Crippen molar-refractivity contribution in [2.75, 3.05) is 26.3 Å². The SMILES string of the molecule is CC(C)(NC(=O)c1ccc(F)cc1)C(=O)N1CCOCC(Cc2ccc3cnccc3c2)C1. The van der Waals surface area contributed by atoms with Crippen molar-refractivity contribution in [3.63, 3.8) is 0 Å². The van der Waals surface area contributed by atoms with Gasteiger partial charge in [-0.05, 0) is 61.5 Å². The Morgan fingerprint density at radius 1 is 1.15 bits per heavy atom. The zero-order chi connectivity index (χ0) is 23.4. The molecule has 33 heavy (non-hydrogen) atoms. The van der Waals surface area contributed by atoms with Gasteiger partial charge in [0.05, 0.1) is 13.2 Å². The van der Waals surface area contributed by atoms with Crippen LogP contribution >= 0.6 is 0 Å². The molecule has 1 atom stereocenters. The van der Waals surface area contributed by atoms with Gasteiger partial charge in [-0.25, -0.2) is 4.39 Å². The minimum Gasteiger partial charge on any atom is -0.379 e. The number of amides is 2. The number of halogens is 1. The first-order valence-corrected chi connectivity index (χ1v) is 11.1. The number of hydrogen-bond acceptors (Lipinski definition) is 4. The third-order valence-electron chi connectivity index (χ3n) is 5.92.